The number of urea groups is 1. The Morgan fingerprint density at radius 2 is 2.14 bits per heavy atom. The molecule has 1 aliphatic heterocycles. The molecule has 0 aromatic rings. The van der Waals surface area contributed by atoms with E-state index in [1.807, 2.05) is 11.9 Å². The molecule has 1 aliphatic rings. The first-order chi connectivity index (χ1) is 6.54. The largest absolute Gasteiger partial charge is 0.330 e. The maximum atomic E-state index is 11.7. The molecule has 4 heteroatoms. The number of hydrogen-bond donors (Lipinski definition) is 1. The Labute approximate surface area is 86.0 Å². The lowest BCUT2D eigenvalue weighted by atomic mass is 10.1. The molecule has 0 aromatic carbocycles. The highest BCUT2D eigenvalue weighted by molar-refractivity contribution is 5.75. The van der Waals surface area contributed by atoms with Crippen molar-refractivity contribution in [3.05, 3.63) is 0 Å². The highest BCUT2D eigenvalue weighted by atomic mass is 16.2. The van der Waals surface area contributed by atoms with Gasteiger partial charge in [0.2, 0.25) is 0 Å². The molecule has 1 fully saturated rings. The van der Waals surface area contributed by atoms with Gasteiger partial charge in [0.15, 0.2) is 0 Å². The Bertz CT molecular complexity index is 206. The van der Waals surface area contributed by atoms with Gasteiger partial charge in [-0.1, -0.05) is 13.8 Å². The summed E-state index contributed by atoms with van der Waals surface area (Å²) >= 11 is 0. The van der Waals surface area contributed by atoms with Crippen LogP contribution in [0.1, 0.15) is 13.8 Å². The summed E-state index contributed by atoms with van der Waals surface area (Å²) in [7, 11) is 1.84. The van der Waals surface area contributed by atoms with Crippen LogP contribution in [0.5, 0.6) is 0 Å². The second-order valence-electron chi connectivity index (χ2n) is 4.56. The first-order valence-electron chi connectivity index (χ1n) is 5.24. The lowest BCUT2D eigenvalue weighted by Gasteiger charge is -2.38. The normalized spacial score (nSPS) is 23.5. The predicted octanol–water partition coefficient (Wildman–Crippen LogP) is 0.585. The lowest BCUT2D eigenvalue weighted by Crippen LogP contribution is -2.54. The van der Waals surface area contributed by atoms with Crippen LogP contribution in [0.3, 0.4) is 0 Å². The van der Waals surface area contributed by atoms with E-state index in [9.17, 15) is 4.79 Å². The van der Waals surface area contributed by atoms with Crippen molar-refractivity contribution in [3.8, 4) is 0 Å². The summed E-state index contributed by atoms with van der Waals surface area (Å²) in [4.78, 5) is 15.4. The number of amides is 2. The molecule has 14 heavy (non-hydrogen) atoms. The van der Waals surface area contributed by atoms with Gasteiger partial charge in [-0.15, -0.1) is 0 Å². The van der Waals surface area contributed by atoms with E-state index in [0.29, 0.717) is 18.4 Å². The van der Waals surface area contributed by atoms with Crippen LogP contribution in [-0.4, -0.2) is 49.1 Å². The third kappa shape index (κ3) is 2.61. The van der Waals surface area contributed by atoms with E-state index in [2.05, 4.69) is 13.8 Å². The summed E-state index contributed by atoms with van der Waals surface area (Å²) in [6.07, 6.45) is 0. The third-order valence-electron chi connectivity index (χ3n) is 2.53. The molecule has 1 heterocycles. The molecule has 1 rings (SSSR count). The number of hydrogen-bond acceptors (Lipinski definition) is 2. The molecule has 1 atom stereocenters. The van der Waals surface area contributed by atoms with Crippen molar-refractivity contribution in [2.75, 3.05) is 33.2 Å². The summed E-state index contributed by atoms with van der Waals surface area (Å²) in [6, 6.07) is 0.142. The molecule has 0 bridgehead atoms. The van der Waals surface area contributed by atoms with Crippen LogP contribution in [0.4, 0.5) is 4.79 Å². The van der Waals surface area contributed by atoms with Gasteiger partial charge >= 0.3 is 6.03 Å². The summed E-state index contributed by atoms with van der Waals surface area (Å²) in [6.45, 7) is 7.35. The van der Waals surface area contributed by atoms with Crippen LogP contribution < -0.4 is 5.73 Å². The van der Waals surface area contributed by atoms with Crippen molar-refractivity contribution in [1.82, 2.24) is 9.80 Å². The highest BCUT2D eigenvalue weighted by Gasteiger charge is 2.28. The zero-order valence-corrected chi connectivity index (χ0v) is 9.36. The van der Waals surface area contributed by atoms with Gasteiger partial charge in [-0.3, -0.25) is 0 Å². The van der Waals surface area contributed by atoms with Gasteiger partial charge in [-0.2, -0.15) is 0 Å². The zero-order valence-electron chi connectivity index (χ0n) is 9.36. The Kier molecular flexibility index (Phi) is 3.75. The Hall–Kier alpha value is -0.770. The molecule has 0 aromatic heterocycles. The van der Waals surface area contributed by atoms with Gasteiger partial charge in [-0.05, 0) is 12.5 Å². The molecule has 2 N–H and O–H groups in total. The number of nitrogens with two attached hydrogens (primary N) is 1. The summed E-state index contributed by atoms with van der Waals surface area (Å²) in [5.74, 6) is 0.945. The fourth-order valence-corrected chi connectivity index (χ4v) is 1.90. The molecule has 1 unspecified atom stereocenters. The van der Waals surface area contributed by atoms with Gasteiger partial charge in [-0.25, -0.2) is 4.79 Å². The molecular formula is C10H21N3O. The third-order valence-corrected chi connectivity index (χ3v) is 2.53. The van der Waals surface area contributed by atoms with Crippen LogP contribution in [-0.2, 0) is 0 Å². The average molecular weight is 199 g/mol. The van der Waals surface area contributed by atoms with Crippen LogP contribution in [0.15, 0.2) is 0 Å². The molecule has 0 radical (unpaired) electrons. The van der Waals surface area contributed by atoms with E-state index >= 15 is 0 Å². The second-order valence-corrected chi connectivity index (χ2v) is 4.56. The monoisotopic (exact) mass is 199 g/mol. The van der Waals surface area contributed by atoms with Crippen molar-refractivity contribution in [3.63, 3.8) is 0 Å². The Balaban J connectivity index is 2.58. The van der Waals surface area contributed by atoms with Crippen LogP contribution in [0, 0.1) is 11.8 Å². The van der Waals surface area contributed by atoms with Gasteiger partial charge in [0.1, 0.15) is 0 Å². The van der Waals surface area contributed by atoms with E-state index in [4.69, 9.17) is 5.73 Å². The van der Waals surface area contributed by atoms with Crippen molar-refractivity contribution < 1.29 is 4.79 Å². The molecule has 4 nitrogen and oxygen atoms in total. The zero-order chi connectivity index (χ0) is 10.7. The van der Waals surface area contributed by atoms with Gasteiger partial charge in [0.05, 0.1) is 0 Å². The highest BCUT2D eigenvalue weighted by Crippen LogP contribution is 2.13. The van der Waals surface area contributed by atoms with Crippen molar-refractivity contribution in [1.29, 1.82) is 0 Å². The summed E-state index contributed by atoms with van der Waals surface area (Å²) < 4.78 is 0. The van der Waals surface area contributed by atoms with Crippen LogP contribution in [0.25, 0.3) is 0 Å². The molecule has 0 spiro atoms. The number of nitrogens with zero attached hydrogens (tertiary/aromatic N) is 2. The van der Waals surface area contributed by atoms with Crippen LogP contribution in [0.2, 0.25) is 0 Å². The van der Waals surface area contributed by atoms with Gasteiger partial charge in [0.25, 0.3) is 0 Å². The topological polar surface area (TPSA) is 49.6 Å². The maximum Gasteiger partial charge on any atom is 0.319 e. The molecule has 2 amide bonds. The van der Waals surface area contributed by atoms with Crippen molar-refractivity contribution in [2.45, 2.75) is 13.8 Å². The minimum Gasteiger partial charge on any atom is -0.330 e. The van der Waals surface area contributed by atoms with E-state index in [1.165, 1.54) is 0 Å². The molecular weight excluding hydrogens is 178 g/mol. The quantitative estimate of drug-likeness (QED) is 0.723. The lowest BCUT2D eigenvalue weighted by molar-refractivity contribution is 0.111. The molecule has 0 saturated carbocycles. The minimum absolute atomic E-state index is 0.142. The fourth-order valence-electron chi connectivity index (χ4n) is 1.90. The van der Waals surface area contributed by atoms with Crippen molar-refractivity contribution in [2.24, 2.45) is 17.6 Å². The standard InChI is InChI=1S/C10H21N3O/c1-8(2)5-13-7-9(4-11)6-12(3)10(13)14/h8-9H,4-7,11H2,1-3H3. The minimum atomic E-state index is 0.142. The van der Waals surface area contributed by atoms with Crippen molar-refractivity contribution >= 4 is 6.03 Å². The van der Waals surface area contributed by atoms with E-state index in [1.54, 1.807) is 4.90 Å². The first kappa shape index (κ1) is 11.3. The first-order valence-corrected chi connectivity index (χ1v) is 5.24. The molecule has 0 aliphatic carbocycles. The maximum absolute atomic E-state index is 11.7. The molecule has 1 saturated heterocycles. The summed E-state index contributed by atoms with van der Waals surface area (Å²) in [5, 5.41) is 0. The number of rotatable bonds is 3. The average Bonchev–Trinajstić information content (AvgIpc) is 2.11. The van der Waals surface area contributed by atoms with E-state index in [-0.39, 0.29) is 6.03 Å². The van der Waals surface area contributed by atoms with E-state index in [0.717, 1.165) is 19.6 Å². The SMILES string of the molecule is CC(C)CN1CC(CN)CN(C)C1=O. The van der Waals surface area contributed by atoms with Gasteiger partial charge in [0, 0.05) is 32.6 Å². The van der Waals surface area contributed by atoms with Crippen LogP contribution >= 0.6 is 0 Å². The second kappa shape index (κ2) is 4.64. The van der Waals surface area contributed by atoms with Gasteiger partial charge < -0.3 is 15.5 Å². The number of carbonyl (C=O) groups is 1. The summed E-state index contributed by atoms with van der Waals surface area (Å²) in [5.41, 5.74) is 5.64. The smallest absolute Gasteiger partial charge is 0.319 e. The van der Waals surface area contributed by atoms with E-state index < -0.39 is 0 Å². The fraction of sp³-hybridized carbons (Fsp3) is 0.900. The Morgan fingerprint density at radius 1 is 1.50 bits per heavy atom. The number of carbonyl (C=O) groups excluding carboxylic acids is 1. The Morgan fingerprint density at radius 3 is 2.64 bits per heavy atom. The predicted molar refractivity (Wildman–Crippen MR) is 57.0 cm³/mol. The molecule has 82 valence electrons.